The molecule has 4 atom stereocenters. The second-order valence-electron chi connectivity index (χ2n) is 11.8. The lowest BCUT2D eigenvalue weighted by atomic mass is 9.75. The van der Waals surface area contributed by atoms with Gasteiger partial charge in [0.1, 0.15) is 28.2 Å². The highest BCUT2D eigenvalue weighted by Gasteiger charge is 2.39. The SMILES string of the molecule is CCCCCCOc1ccc(-c2ccc(OC(=O)CNC3=C(Br)C(=O)O[C@@H]3O[C@@H]3C[C@H](C)CC[C@H]3C(C)C)cc2)cc1. The minimum Gasteiger partial charge on any atom is -0.494 e. The number of nitrogens with one attached hydrogen (secondary N) is 1. The van der Waals surface area contributed by atoms with Crippen molar-refractivity contribution >= 4 is 27.9 Å². The Hall–Kier alpha value is -2.84. The Kier molecular flexibility index (Phi) is 11.9. The standard InChI is InChI=1S/C34H44BrNO6/c1-5-6-7-8-19-39-26-14-10-24(11-15-26)25-12-16-27(17-13-25)40-30(37)21-36-32-31(35)33(38)42-34(32)41-29-20-23(4)9-18-28(29)22(2)3/h10-17,22-23,28-29,34,36H,5-9,18-21H2,1-4H3/t23-,28+,29-,34+/m1/s1. The fraction of sp³-hybridized carbons (Fsp3) is 0.529. The quantitative estimate of drug-likeness (QED) is 0.128. The van der Waals surface area contributed by atoms with Crippen molar-refractivity contribution in [1.82, 2.24) is 5.32 Å². The van der Waals surface area contributed by atoms with Crippen LogP contribution in [0.25, 0.3) is 11.1 Å². The molecule has 0 amide bonds. The summed E-state index contributed by atoms with van der Waals surface area (Å²) >= 11 is 3.31. The number of carbonyl (C=O) groups excluding carboxylic acids is 2. The minimum atomic E-state index is -0.881. The molecule has 2 aromatic carbocycles. The van der Waals surface area contributed by atoms with Gasteiger partial charge in [0.15, 0.2) is 0 Å². The highest BCUT2D eigenvalue weighted by Crippen LogP contribution is 2.38. The van der Waals surface area contributed by atoms with E-state index in [0.29, 0.717) is 29.2 Å². The average molecular weight is 643 g/mol. The number of halogens is 1. The topological polar surface area (TPSA) is 83.1 Å². The first-order chi connectivity index (χ1) is 20.2. The van der Waals surface area contributed by atoms with E-state index in [1.165, 1.54) is 25.7 Å². The molecule has 0 saturated heterocycles. The summed E-state index contributed by atoms with van der Waals surface area (Å²) < 4.78 is 23.5. The number of benzene rings is 2. The van der Waals surface area contributed by atoms with Crippen molar-refractivity contribution in [2.24, 2.45) is 17.8 Å². The Bertz CT molecular complexity index is 1210. The van der Waals surface area contributed by atoms with Crippen LogP contribution in [-0.2, 0) is 19.1 Å². The van der Waals surface area contributed by atoms with Crippen LogP contribution in [0.4, 0.5) is 0 Å². The Morgan fingerprint density at radius 2 is 1.67 bits per heavy atom. The third-order valence-electron chi connectivity index (χ3n) is 8.09. The zero-order chi connectivity index (χ0) is 30.1. The summed E-state index contributed by atoms with van der Waals surface area (Å²) in [7, 11) is 0. The first-order valence-electron chi connectivity index (χ1n) is 15.3. The van der Waals surface area contributed by atoms with Gasteiger partial charge in [-0.05, 0) is 88.3 Å². The molecule has 1 fully saturated rings. The molecule has 1 heterocycles. The molecule has 0 spiro atoms. The number of ether oxygens (including phenoxy) is 4. The molecular weight excluding hydrogens is 598 g/mol. The van der Waals surface area contributed by atoms with Gasteiger partial charge in [-0.1, -0.05) is 77.6 Å². The van der Waals surface area contributed by atoms with Crippen LogP contribution < -0.4 is 14.8 Å². The summed E-state index contributed by atoms with van der Waals surface area (Å²) in [6.07, 6.45) is 6.98. The first-order valence-corrected chi connectivity index (χ1v) is 16.1. The molecule has 8 heteroatoms. The predicted octanol–water partition coefficient (Wildman–Crippen LogP) is 7.77. The van der Waals surface area contributed by atoms with Crippen molar-refractivity contribution in [2.45, 2.75) is 85.0 Å². The third-order valence-corrected chi connectivity index (χ3v) is 8.84. The van der Waals surface area contributed by atoms with Crippen LogP contribution in [0.1, 0.15) is 72.6 Å². The summed E-state index contributed by atoms with van der Waals surface area (Å²) in [5.74, 6) is 1.70. The summed E-state index contributed by atoms with van der Waals surface area (Å²) in [4.78, 5) is 25.0. The lowest BCUT2D eigenvalue weighted by molar-refractivity contribution is -0.182. The predicted molar refractivity (Wildman–Crippen MR) is 167 cm³/mol. The van der Waals surface area contributed by atoms with Crippen molar-refractivity contribution in [2.75, 3.05) is 13.2 Å². The molecule has 1 aliphatic carbocycles. The van der Waals surface area contributed by atoms with Gasteiger partial charge in [0, 0.05) is 0 Å². The molecule has 0 unspecified atom stereocenters. The minimum absolute atomic E-state index is 0.0218. The summed E-state index contributed by atoms with van der Waals surface area (Å²) in [5.41, 5.74) is 2.48. The Morgan fingerprint density at radius 1 is 1.00 bits per heavy atom. The van der Waals surface area contributed by atoms with Gasteiger partial charge < -0.3 is 24.3 Å². The molecule has 4 rings (SSSR count). The number of unbranched alkanes of at least 4 members (excludes halogenated alkanes) is 3. The summed E-state index contributed by atoms with van der Waals surface area (Å²) in [6.45, 7) is 9.42. The van der Waals surface area contributed by atoms with E-state index in [-0.39, 0.29) is 17.1 Å². The van der Waals surface area contributed by atoms with Gasteiger partial charge in [-0.15, -0.1) is 0 Å². The monoisotopic (exact) mass is 641 g/mol. The van der Waals surface area contributed by atoms with Crippen molar-refractivity contribution < 1.29 is 28.5 Å². The van der Waals surface area contributed by atoms with Crippen LogP contribution in [0.15, 0.2) is 58.7 Å². The Morgan fingerprint density at radius 3 is 2.31 bits per heavy atom. The molecule has 0 radical (unpaired) electrons. The molecule has 1 N–H and O–H groups in total. The Labute approximate surface area is 258 Å². The molecule has 1 saturated carbocycles. The zero-order valence-electron chi connectivity index (χ0n) is 25.2. The largest absolute Gasteiger partial charge is 0.494 e. The van der Waals surface area contributed by atoms with Gasteiger partial charge in [0.05, 0.1) is 12.7 Å². The smallest absolute Gasteiger partial charge is 0.349 e. The molecule has 0 bridgehead atoms. The van der Waals surface area contributed by atoms with Crippen LogP contribution in [0.2, 0.25) is 0 Å². The van der Waals surface area contributed by atoms with E-state index < -0.39 is 18.2 Å². The van der Waals surface area contributed by atoms with Gasteiger partial charge in [0.2, 0.25) is 6.29 Å². The highest BCUT2D eigenvalue weighted by molar-refractivity contribution is 9.12. The van der Waals surface area contributed by atoms with Crippen LogP contribution >= 0.6 is 15.9 Å². The van der Waals surface area contributed by atoms with E-state index in [9.17, 15) is 9.59 Å². The van der Waals surface area contributed by atoms with E-state index in [0.717, 1.165) is 42.7 Å². The number of hydrogen-bond acceptors (Lipinski definition) is 7. The lowest BCUT2D eigenvalue weighted by Crippen LogP contribution is -2.40. The fourth-order valence-electron chi connectivity index (χ4n) is 5.62. The van der Waals surface area contributed by atoms with E-state index >= 15 is 0 Å². The normalized spacial score (nSPS) is 22.3. The molecule has 42 heavy (non-hydrogen) atoms. The number of cyclic esters (lactones) is 1. The van der Waals surface area contributed by atoms with Gasteiger partial charge in [0.25, 0.3) is 0 Å². The number of esters is 2. The van der Waals surface area contributed by atoms with Crippen LogP contribution in [0, 0.1) is 17.8 Å². The third kappa shape index (κ3) is 8.83. The van der Waals surface area contributed by atoms with Gasteiger partial charge in [-0.2, -0.15) is 0 Å². The molecule has 0 aromatic heterocycles. The van der Waals surface area contributed by atoms with Crippen molar-refractivity contribution in [3.05, 3.63) is 58.7 Å². The average Bonchev–Trinajstić information content (AvgIpc) is 3.23. The van der Waals surface area contributed by atoms with Crippen LogP contribution in [0.3, 0.4) is 0 Å². The van der Waals surface area contributed by atoms with Crippen molar-refractivity contribution in [3.63, 3.8) is 0 Å². The van der Waals surface area contributed by atoms with E-state index in [1.54, 1.807) is 12.1 Å². The fourth-order valence-corrected chi connectivity index (χ4v) is 6.04. The first kappa shape index (κ1) is 32.1. The van der Waals surface area contributed by atoms with E-state index in [4.69, 9.17) is 18.9 Å². The molecule has 7 nitrogen and oxygen atoms in total. The van der Waals surface area contributed by atoms with Crippen LogP contribution in [-0.4, -0.2) is 37.5 Å². The maximum Gasteiger partial charge on any atom is 0.349 e. The van der Waals surface area contributed by atoms with Gasteiger partial charge in [-0.25, -0.2) is 9.59 Å². The maximum absolute atomic E-state index is 12.7. The second kappa shape index (κ2) is 15.6. The number of rotatable bonds is 14. The summed E-state index contributed by atoms with van der Waals surface area (Å²) in [6, 6.07) is 15.4. The van der Waals surface area contributed by atoms with Gasteiger partial charge in [-0.3, -0.25) is 0 Å². The number of carbonyl (C=O) groups is 2. The lowest BCUT2D eigenvalue weighted by Gasteiger charge is -2.38. The van der Waals surface area contributed by atoms with Gasteiger partial charge >= 0.3 is 11.9 Å². The zero-order valence-corrected chi connectivity index (χ0v) is 26.8. The maximum atomic E-state index is 12.7. The second-order valence-corrected chi connectivity index (χ2v) is 12.5. The molecule has 228 valence electrons. The molecule has 2 aromatic rings. The molecule has 2 aliphatic rings. The van der Waals surface area contributed by atoms with Crippen molar-refractivity contribution in [3.8, 4) is 22.6 Å². The molecule has 1 aliphatic heterocycles. The van der Waals surface area contributed by atoms with Crippen LogP contribution in [0.5, 0.6) is 11.5 Å². The number of hydrogen-bond donors (Lipinski definition) is 1. The highest BCUT2D eigenvalue weighted by atomic mass is 79.9. The van der Waals surface area contributed by atoms with E-state index in [1.807, 2.05) is 36.4 Å². The molecular formula is C34H44BrNO6. The Balaban J connectivity index is 1.28. The van der Waals surface area contributed by atoms with Crippen molar-refractivity contribution in [1.29, 1.82) is 0 Å². The summed E-state index contributed by atoms with van der Waals surface area (Å²) in [5, 5.41) is 3.02. The van der Waals surface area contributed by atoms with E-state index in [2.05, 4.69) is 48.9 Å².